The summed E-state index contributed by atoms with van der Waals surface area (Å²) in [5, 5.41) is 10.8. The molecule has 0 radical (unpaired) electrons. The molecule has 1 aliphatic heterocycles. The highest BCUT2D eigenvalue weighted by atomic mass is 16.5. The van der Waals surface area contributed by atoms with E-state index in [4.69, 9.17) is 9.84 Å². The van der Waals surface area contributed by atoms with E-state index in [0.717, 1.165) is 13.2 Å². The third-order valence-electron chi connectivity index (χ3n) is 2.24. The predicted octanol–water partition coefficient (Wildman–Crippen LogP) is -0.101. The second-order valence-electron chi connectivity index (χ2n) is 2.84. The van der Waals surface area contributed by atoms with E-state index in [2.05, 4.69) is 5.32 Å². The van der Waals surface area contributed by atoms with Crippen molar-refractivity contribution < 1.29 is 14.6 Å². The van der Waals surface area contributed by atoms with Crippen LogP contribution in [0, 0.1) is 11.8 Å². The first kappa shape index (κ1) is 5.97. The molecule has 2 N–H and O–H groups in total. The van der Waals surface area contributed by atoms with Gasteiger partial charge in [-0.05, 0) is 0 Å². The van der Waals surface area contributed by atoms with E-state index in [1.807, 2.05) is 0 Å². The lowest BCUT2D eigenvalue weighted by Crippen LogP contribution is -2.27. The molecule has 1 saturated heterocycles. The van der Waals surface area contributed by atoms with Crippen LogP contribution in [0.3, 0.4) is 0 Å². The first-order valence-corrected chi connectivity index (χ1v) is 3.36. The van der Waals surface area contributed by atoms with Crippen molar-refractivity contribution in [3.63, 3.8) is 0 Å². The molecular weight excluding hydrogens is 134 g/mol. The number of hydrogen-bond donors (Lipinski definition) is 2. The van der Waals surface area contributed by atoms with E-state index in [-0.39, 0.29) is 6.04 Å². The molecule has 0 aromatic heterocycles. The summed E-state index contributed by atoms with van der Waals surface area (Å²) in [7, 11) is 0. The summed E-state index contributed by atoms with van der Waals surface area (Å²) < 4.78 is 5.09. The monoisotopic (exact) mass is 143 g/mol. The van der Waals surface area contributed by atoms with E-state index in [9.17, 15) is 4.79 Å². The number of fused-ring (bicyclic) bond motifs is 1. The topological polar surface area (TPSA) is 58.6 Å². The van der Waals surface area contributed by atoms with Crippen LogP contribution >= 0.6 is 0 Å². The molecule has 2 rings (SSSR count). The Kier molecular flexibility index (Phi) is 1.11. The van der Waals surface area contributed by atoms with Crippen molar-refractivity contribution in [2.24, 2.45) is 11.8 Å². The van der Waals surface area contributed by atoms with Crippen LogP contribution in [0.2, 0.25) is 0 Å². The van der Waals surface area contributed by atoms with Crippen molar-refractivity contribution in [1.29, 1.82) is 0 Å². The lowest BCUT2D eigenvalue weighted by molar-refractivity contribution is 0.151. The van der Waals surface area contributed by atoms with Crippen molar-refractivity contribution in [3.05, 3.63) is 0 Å². The molecule has 10 heavy (non-hydrogen) atoms. The summed E-state index contributed by atoms with van der Waals surface area (Å²) >= 11 is 0. The zero-order chi connectivity index (χ0) is 7.14. The second kappa shape index (κ2) is 1.85. The maximum atomic E-state index is 10.1. The van der Waals surface area contributed by atoms with Crippen LogP contribution < -0.4 is 5.32 Å². The zero-order valence-corrected chi connectivity index (χ0v) is 5.41. The first-order chi connectivity index (χ1) is 4.79. The number of ether oxygens (including phenoxy) is 1. The molecular formula is C6H9NO3. The minimum Gasteiger partial charge on any atom is -0.465 e. The highest BCUT2D eigenvalue weighted by Gasteiger charge is 2.54. The third kappa shape index (κ3) is 0.759. The molecule has 2 aliphatic rings. The molecule has 56 valence electrons. The van der Waals surface area contributed by atoms with Crippen LogP contribution in [0.1, 0.15) is 0 Å². The fourth-order valence-corrected chi connectivity index (χ4v) is 1.60. The average Bonchev–Trinajstić information content (AvgIpc) is 2.40. The minimum absolute atomic E-state index is 0.186. The molecule has 1 heterocycles. The molecule has 0 bridgehead atoms. The highest BCUT2D eigenvalue weighted by Crippen LogP contribution is 2.43. The van der Waals surface area contributed by atoms with Gasteiger partial charge in [0.1, 0.15) is 0 Å². The van der Waals surface area contributed by atoms with Gasteiger partial charge in [0.05, 0.1) is 13.2 Å². The van der Waals surface area contributed by atoms with Crippen molar-refractivity contribution in [2.45, 2.75) is 6.04 Å². The number of carboxylic acid groups (broad SMARTS) is 1. The Labute approximate surface area is 58.2 Å². The molecule has 0 aromatic rings. The normalized spacial score (nSPS) is 42.6. The van der Waals surface area contributed by atoms with Gasteiger partial charge in [-0.15, -0.1) is 0 Å². The predicted molar refractivity (Wildman–Crippen MR) is 32.7 cm³/mol. The summed E-state index contributed by atoms with van der Waals surface area (Å²) in [6.45, 7) is 1.46. The number of carbonyl (C=O) groups is 1. The summed E-state index contributed by atoms with van der Waals surface area (Å²) in [4.78, 5) is 10.1. The summed E-state index contributed by atoms with van der Waals surface area (Å²) in [5.41, 5.74) is 0. The standard InChI is InChI=1S/C6H9NO3/c8-6(9)7-5-3-1-10-2-4(3)5/h3-5,7H,1-2H2,(H,8,9)/t3-,4+,5?. The molecule has 0 aromatic carbocycles. The average molecular weight is 143 g/mol. The van der Waals surface area contributed by atoms with Gasteiger partial charge in [-0.3, -0.25) is 0 Å². The Hall–Kier alpha value is -0.770. The van der Waals surface area contributed by atoms with Crippen molar-refractivity contribution in [3.8, 4) is 0 Å². The summed E-state index contributed by atoms with van der Waals surface area (Å²) in [6.07, 6.45) is -0.917. The van der Waals surface area contributed by atoms with Gasteiger partial charge in [0.15, 0.2) is 0 Å². The fraction of sp³-hybridized carbons (Fsp3) is 0.833. The SMILES string of the molecule is O=C(O)NC1[C@H]2COC[C@@H]12. The van der Waals surface area contributed by atoms with Gasteiger partial charge < -0.3 is 15.2 Å². The molecule has 1 aliphatic carbocycles. The number of hydrogen-bond acceptors (Lipinski definition) is 2. The molecule has 4 nitrogen and oxygen atoms in total. The maximum absolute atomic E-state index is 10.1. The minimum atomic E-state index is -0.917. The smallest absolute Gasteiger partial charge is 0.404 e. The largest absolute Gasteiger partial charge is 0.465 e. The van der Waals surface area contributed by atoms with Crippen LogP contribution in [0.4, 0.5) is 4.79 Å². The summed E-state index contributed by atoms with van der Waals surface area (Å²) in [6, 6.07) is 0.186. The molecule has 3 atom stereocenters. The lowest BCUT2D eigenvalue weighted by Gasteiger charge is -2.01. The highest BCUT2D eigenvalue weighted by molar-refractivity contribution is 5.65. The third-order valence-corrected chi connectivity index (χ3v) is 2.24. The van der Waals surface area contributed by atoms with E-state index in [0.29, 0.717) is 11.8 Å². The first-order valence-electron chi connectivity index (χ1n) is 3.36. The van der Waals surface area contributed by atoms with Crippen LogP contribution in [-0.2, 0) is 4.74 Å². The van der Waals surface area contributed by atoms with Crippen LogP contribution in [0.15, 0.2) is 0 Å². The van der Waals surface area contributed by atoms with Gasteiger partial charge in [-0.25, -0.2) is 4.79 Å². The Morgan fingerprint density at radius 1 is 1.50 bits per heavy atom. The summed E-state index contributed by atoms with van der Waals surface area (Å²) in [5.74, 6) is 0.937. The van der Waals surface area contributed by atoms with Crippen molar-refractivity contribution >= 4 is 6.09 Å². The van der Waals surface area contributed by atoms with Gasteiger partial charge in [0.2, 0.25) is 0 Å². The Morgan fingerprint density at radius 2 is 2.10 bits per heavy atom. The van der Waals surface area contributed by atoms with E-state index < -0.39 is 6.09 Å². The van der Waals surface area contributed by atoms with Crippen LogP contribution in [0.5, 0.6) is 0 Å². The van der Waals surface area contributed by atoms with Crippen LogP contribution in [0.25, 0.3) is 0 Å². The quantitative estimate of drug-likeness (QED) is 0.538. The Morgan fingerprint density at radius 3 is 2.60 bits per heavy atom. The van der Waals surface area contributed by atoms with E-state index in [1.54, 1.807) is 0 Å². The number of rotatable bonds is 1. The second-order valence-corrected chi connectivity index (χ2v) is 2.84. The number of nitrogens with one attached hydrogen (secondary N) is 1. The van der Waals surface area contributed by atoms with E-state index in [1.165, 1.54) is 0 Å². The maximum Gasteiger partial charge on any atom is 0.404 e. The molecule has 2 fully saturated rings. The Balaban J connectivity index is 1.84. The molecule has 1 unspecified atom stereocenters. The van der Waals surface area contributed by atoms with E-state index >= 15 is 0 Å². The lowest BCUT2D eigenvalue weighted by atomic mass is 10.4. The van der Waals surface area contributed by atoms with Crippen molar-refractivity contribution in [1.82, 2.24) is 5.32 Å². The molecule has 1 amide bonds. The van der Waals surface area contributed by atoms with Gasteiger partial charge in [0.25, 0.3) is 0 Å². The zero-order valence-electron chi connectivity index (χ0n) is 5.41. The number of amides is 1. The fourth-order valence-electron chi connectivity index (χ4n) is 1.60. The molecule has 1 saturated carbocycles. The van der Waals surface area contributed by atoms with Crippen LogP contribution in [-0.4, -0.2) is 30.5 Å². The molecule has 4 heteroatoms. The van der Waals surface area contributed by atoms with Gasteiger partial charge in [0, 0.05) is 17.9 Å². The van der Waals surface area contributed by atoms with Gasteiger partial charge in [-0.1, -0.05) is 0 Å². The van der Waals surface area contributed by atoms with Crippen molar-refractivity contribution in [2.75, 3.05) is 13.2 Å². The van der Waals surface area contributed by atoms with Gasteiger partial charge >= 0.3 is 6.09 Å². The molecule has 0 spiro atoms. The Bertz CT molecular complexity index is 160. The van der Waals surface area contributed by atoms with Gasteiger partial charge in [-0.2, -0.15) is 0 Å².